The average molecular weight is 604 g/mol. The molecule has 3 heterocycles. The lowest BCUT2D eigenvalue weighted by molar-refractivity contribution is -0.0766. The summed E-state index contributed by atoms with van der Waals surface area (Å²) < 4.78 is 7.53. The lowest BCUT2D eigenvalue weighted by Gasteiger charge is -2.39. The van der Waals surface area contributed by atoms with Crippen molar-refractivity contribution in [3.63, 3.8) is 0 Å². The van der Waals surface area contributed by atoms with Crippen LogP contribution >= 0.6 is 0 Å². The number of ether oxygens (including phenoxy) is 1. The third-order valence-electron chi connectivity index (χ3n) is 9.70. The third kappa shape index (κ3) is 3.70. The van der Waals surface area contributed by atoms with Crippen molar-refractivity contribution in [1.29, 1.82) is 0 Å². The molecule has 7 aromatic rings. The standard InChI is InChI=1S/C34H29N5O6/c40-12-22-21(41)11-23(45-22)39-14-37-29-33(35-13-36-34(29)39)38-28-27-20(30(42)32(44)31(28)43)10-16-9-8-15-4-3-7-18-17-5-1-2-6-19(17)26(27)25(16)24(15)18/h1-10,13-14,21-23,28,30-32,40-44H,11-12H2,(H,35,36,38)/t21-,22+,23+,28-,30-,31+,32+/m0/s1. The lowest BCUT2D eigenvalue weighted by Crippen LogP contribution is -2.44. The largest absolute Gasteiger partial charge is 0.394 e. The van der Waals surface area contributed by atoms with E-state index in [0.29, 0.717) is 28.1 Å². The summed E-state index contributed by atoms with van der Waals surface area (Å²) in [6.07, 6.45) is -3.12. The summed E-state index contributed by atoms with van der Waals surface area (Å²) >= 11 is 0. The number of anilines is 1. The zero-order chi connectivity index (χ0) is 30.6. The molecule has 0 amide bonds. The van der Waals surface area contributed by atoms with Gasteiger partial charge in [-0.1, -0.05) is 54.6 Å². The Hall–Kier alpha value is -4.49. The summed E-state index contributed by atoms with van der Waals surface area (Å²) in [7, 11) is 0. The molecule has 1 saturated heterocycles. The molecule has 45 heavy (non-hydrogen) atoms. The first-order valence-electron chi connectivity index (χ1n) is 15.0. The van der Waals surface area contributed by atoms with Crippen LogP contribution in [0, 0.1) is 0 Å². The van der Waals surface area contributed by atoms with E-state index < -0.39 is 42.8 Å². The number of nitrogens with zero attached hydrogens (tertiary/aromatic N) is 4. The van der Waals surface area contributed by atoms with Gasteiger partial charge in [0.15, 0.2) is 17.0 Å². The van der Waals surface area contributed by atoms with Gasteiger partial charge in [-0.25, -0.2) is 15.0 Å². The Labute approximate surface area is 255 Å². The van der Waals surface area contributed by atoms with Gasteiger partial charge in [0, 0.05) is 6.42 Å². The van der Waals surface area contributed by atoms with Crippen molar-refractivity contribution in [2.45, 2.75) is 49.2 Å². The van der Waals surface area contributed by atoms with Crippen molar-refractivity contribution in [1.82, 2.24) is 19.5 Å². The summed E-state index contributed by atoms with van der Waals surface area (Å²) in [5.41, 5.74) is 2.05. The molecule has 6 N–H and O–H groups in total. The highest BCUT2D eigenvalue weighted by molar-refractivity contribution is 6.34. The van der Waals surface area contributed by atoms with E-state index in [0.717, 1.165) is 43.1 Å². The summed E-state index contributed by atoms with van der Waals surface area (Å²) in [4.78, 5) is 13.5. The summed E-state index contributed by atoms with van der Waals surface area (Å²) in [5.74, 6) is 0.324. The van der Waals surface area contributed by atoms with E-state index >= 15 is 0 Å². The van der Waals surface area contributed by atoms with Crippen LogP contribution in [0.15, 0.2) is 73.3 Å². The number of aliphatic hydroxyl groups excluding tert-OH is 5. The molecule has 1 fully saturated rings. The van der Waals surface area contributed by atoms with Crippen molar-refractivity contribution in [2.24, 2.45) is 0 Å². The maximum Gasteiger partial charge on any atom is 0.167 e. The molecule has 226 valence electrons. The van der Waals surface area contributed by atoms with Crippen LogP contribution in [0.2, 0.25) is 0 Å². The predicted molar refractivity (Wildman–Crippen MR) is 168 cm³/mol. The van der Waals surface area contributed by atoms with E-state index in [9.17, 15) is 25.5 Å². The molecule has 0 unspecified atom stereocenters. The van der Waals surface area contributed by atoms with Gasteiger partial charge in [-0.2, -0.15) is 0 Å². The van der Waals surface area contributed by atoms with Gasteiger partial charge in [-0.3, -0.25) is 4.57 Å². The number of hydrogen-bond donors (Lipinski definition) is 6. The van der Waals surface area contributed by atoms with E-state index in [-0.39, 0.29) is 13.0 Å². The van der Waals surface area contributed by atoms with Gasteiger partial charge in [0.05, 0.1) is 25.1 Å². The molecular formula is C34H29N5O6. The molecule has 2 aromatic heterocycles. The highest BCUT2D eigenvalue weighted by Gasteiger charge is 2.43. The van der Waals surface area contributed by atoms with Gasteiger partial charge in [-0.15, -0.1) is 0 Å². The number of hydrogen-bond acceptors (Lipinski definition) is 10. The minimum atomic E-state index is -1.46. The number of nitrogens with one attached hydrogen (secondary N) is 1. The van der Waals surface area contributed by atoms with Crippen molar-refractivity contribution < 1.29 is 30.3 Å². The first kappa shape index (κ1) is 26.9. The topological polar surface area (TPSA) is 166 Å². The number of imidazole rings is 1. The Balaban J connectivity index is 1.27. The van der Waals surface area contributed by atoms with Crippen LogP contribution in [-0.4, -0.2) is 76.1 Å². The second-order valence-electron chi connectivity index (χ2n) is 12.1. The van der Waals surface area contributed by atoms with Crippen LogP contribution in [0.4, 0.5) is 5.82 Å². The van der Waals surface area contributed by atoms with Crippen molar-refractivity contribution in [2.75, 3.05) is 11.9 Å². The van der Waals surface area contributed by atoms with Crippen molar-refractivity contribution in [3.8, 4) is 0 Å². The SMILES string of the molecule is OC[C@H]1O[C@@H](n2cnc3c(N[C@H]4c5c(cc6ccc7cccc8c9ccccc9c5c6c78)[C@H](O)[C@@H](O)[C@@H]4O)ncnc32)C[C@@H]1O. The fourth-order valence-electron chi connectivity index (χ4n) is 7.59. The zero-order valence-corrected chi connectivity index (χ0v) is 23.8. The summed E-state index contributed by atoms with van der Waals surface area (Å²) in [6, 6.07) is 19.5. The molecule has 0 spiro atoms. The number of rotatable bonds is 4. The molecule has 1 aliphatic carbocycles. The predicted octanol–water partition coefficient (Wildman–Crippen LogP) is 3.44. The first-order chi connectivity index (χ1) is 21.9. The number of aromatic nitrogens is 4. The summed E-state index contributed by atoms with van der Waals surface area (Å²) in [6.45, 7) is -0.309. The molecule has 0 bridgehead atoms. The van der Waals surface area contributed by atoms with Crippen LogP contribution in [0.5, 0.6) is 0 Å². The Morgan fingerprint density at radius 3 is 2.42 bits per heavy atom. The maximum absolute atomic E-state index is 11.6. The lowest BCUT2D eigenvalue weighted by atomic mass is 9.76. The molecule has 7 atom stereocenters. The monoisotopic (exact) mass is 603 g/mol. The normalized spacial score (nSPS) is 26.9. The Kier molecular flexibility index (Phi) is 5.82. The zero-order valence-electron chi connectivity index (χ0n) is 23.8. The van der Waals surface area contributed by atoms with Crippen molar-refractivity contribution >= 4 is 60.1 Å². The van der Waals surface area contributed by atoms with Crippen LogP contribution in [-0.2, 0) is 4.74 Å². The maximum atomic E-state index is 11.6. The number of aliphatic hydroxyl groups is 5. The van der Waals surface area contributed by atoms with E-state index in [4.69, 9.17) is 4.74 Å². The van der Waals surface area contributed by atoms with Crippen LogP contribution in [0.1, 0.15) is 35.9 Å². The van der Waals surface area contributed by atoms with Crippen LogP contribution < -0.4 is 5.32 Å². The summed E-state index contributed by atoms with van der Waals surface area (Å²) in [5, 5.41) is 65.5. The molecule has 11 heteroatoms. The Morgan fingerprint density at radius 2 is 1.60 bits per heavy atom. The van der Waals surface area contributed by atoms with Gasteiger partial charge < -0.3 is 35.6 Å². The Morgan fingerprint density at radius 1 is 0.822 bits per heavy atom. The average Bonchev–Trinajstić information content (AvgIpc) is 3.68. The van der Waals surface area contributed by atoms with E-state index in [1.54, 1.807) is 10.9 Å². The molecule has 0 radical (unpaired) electrons. The second kappa shape index (κ2) is 9.75. The van der Waals surface area contributed by atoms with E-state index in [2.05, 4.69) is 56.7 Å². The molecule has 2 aliphatic rings. The fourth-order valence-corrected chi connectivity index (χ4v) is 7.59. The molecule has 0 saturated carbocycles. The van der Waals surface area contributed by atoms with Crippen molar-refractivity contribution in [3.05, 3.63) is 84.4 Å². The fraction of sp³-hybridized carbons (Fsp3) is 0.265. The third-order valence-corrected chi connectivity index (χ3v) is 9.70. The van der Waals surface area contributed by atoms with Gasteiger partial charge in [0.25, 0.3) is 0 Å². The van der Waals surface area contributed by atoms with E-state index in [1.807, 2.05) is 24.3 Å². The van der Waals surface area contributed by atoms with Gasteiger partial charge in [-0.05, 0) is 60.3 Å². The minimum Gasteiger partial charge on any atom is -0.394 e. The quantitative estimate of drug-likeness (QED) is 0.130. The van der Waals surface area contributed by atoms with Gasteiger partial charge in [0.1, 0.15) is 37.0 Å². The first-order valence-corrected chi connectivity index (χ1v) is 15.0. The van der Waals surface area contributed by atoms with Gasteiger partial charge in [0.2, 0.25) is 0 Å². The second-order valence-corrected chi connectivity index (χ2v) is 12.1. The molecule has 5 aromatic carbocycles. The molecule has 9 rings (SSSR count). The highest BCUT2D eigenvalue weighted by Crippen LogP contribution is 2.49. The molecule has 11 nitrogen and oxygen atoms in total. The molecule has 1 aliphatic heterocycles. The minimum absolute atomic E-state index is 0.258. The number of fused-ring (bicyclic) bond motifs is 6. The highest BCUT2D eigenvalue weighted by atomic mass is 16.5. The smallest absolute Gasteiger partial charge is 0.167 e. The number of benzene rings is 5. The van der Waals surface area contributed by atoms with Crippen LogP contribution in [0.25, 0.3) is 54.3 Å². The Bertz CT molecular complexity index is 2270. The van der Waals surface area contributed by atoms with Gasteiger partial charge >= 0.3 is 0 Å². The van der Waals surface area contributed by atoms with E-state index in [1.165, 1.54) is 6.33 Å². The van der Waals surface area contributed by atoms with Crippen LogP contribution in [0.3, 0.4) is 0 Å². The molecular weight excluding hydrogens is 574 g/mol.